The molecule has 4 aliphatic rings. The molecule has 4 amide bonds. The summed E-state index contributed by atoms with van der Waals surface area (Å²) in [4.78, 5) is 52.6. The summed E-state index contributed by atoms with van der Waals surface area (Å²) in [6.45, 7) is 3.40. The minimum Gasteiger partial charge on any atom is -0.356 e. The molecule has 2 saturated carbocycles. The number of hydrogen-bond donors (Lipinski definition) is 3. The van der Waals surface area contributed by atoms with Crippen molar-refractivity contribution in [1.82, 2.24) is 20.9 Å². The molecule has 2 saturated heterocycles. The number of nitrogens with one attached hydrogen (secondary N) is 3. The van der Waals surface area contributed by atoms with E-state index in [9.17, 15) is 37.6 Å². The second-order valence-corrected chi connectivity index (χ2v) is 11.5. The lowest BCUT2D eigenvalue weighted by Gasteiger charge is -2.36. The fraction of sp³-hybridized carbons (Fsp3) is 0.731. The molecule has 8 unspecified atom stereocenters. The van der Waals surface area contributed by atoms with Crippen molar-refractivity contribution in [1.29, 1.82) is 5.26 Å². The Hall–Kier alpha value is -3.28. The van der Waals surface area contributed by atoms with Crippen molar-refractivity contribution in [2.24, 2.45) is 35.0 Å². The van der Waals surface area contributed by atoms with Crippen molar-refractivity contribution in [2.75, 3.05) is 13.1 Å². The third kappa shape index (κ3) is 5.05. The van der Waals surface area contributed by atoms with Crippen molar-refractivity contribution >= 4 is 23.6 Å². The highest BCUT2D eigenvalue weighted by molar-refractivity contribution is 5.95. The van der Waals surface area contributed by atoms with E-state index in [4.69, 9.17) is 6.42 Å². The van der Waals surface area contributed by atoms with Crippen LogP contribution in [0.5, 0.6) is 0 Å². The van der Waals surface area contributed by atoms with Gasteiger partial charge in [-0.15, -0.1) is 6.42 Å². The van der Waals surface area contributed by atoms with Crippen LogP contribution in [0.15, 0.2) is 0 Å². The smallest absolute Gasteiger partial charge is 0.356 e. The number of halogens is 3. The third-order valence-electron chi connectivity index (χ3n) is 8.85. The number of amides is 4. The van der Waals surface area contributed by atoms with Crippen LogP contribution < -0.4 is 16.0 Å². The Balaban J connectivity index is 1.61. The molecule has 4 rings (SSSR count). The van der Waals surface area contributed by atoms with E-state index in [0.717, 1.165) is 19.3 Å². The normalized spacial score (nSPS) is 31.6. The molecule has 8 atom stereocenters. The number of carbonyl (C=O) groups excluding carboxylic acids is 4. The van der Waals surface area contributed by atoms with Crippen LogP contribution in [0.2, 0.25) is 0 Å². The number of alkyl halides is 3. The quantitative estimate of drug-likeness (QED) is 0.420. The van der Waals surface area contributed by atoms with Crippen molar-refractivity contribution in [3.8, 4) is 18.4 Å². The largest absolute Gasteiger partial charge is 0.471 e. The topological polar surface area (TPSA) is 131 Å². The van der Waals surface area contributed by atoms with Crippen LogP contribution in [-0.4, -0.2) is 65.9 Å². The highest BCUT2D eigenvalue weighted by Gasteiger charge is 2.60. The third-order valence-corrected chi connectivity index (χ3v) is 8.85. The number of nitrogens with zero attached hydrogens (tertiary/aromatic N) is 2. The minimum atomic E-state index is -5.23. The van der Waals surface area contributed by atoms with E-state index in [1.807, 2.05) is 6.07 Å². The van der Waals surface area contributed by atoms with Gasteiger partial charge in [-0.2, -0.15) is 18.4 Å². The molecule has 0 radical (unpaired) electrons. The molecule has 0 spiro atoms. The summed E-state index contributed by atoms with van der Waals surface area (Å²) in [7, 11) is 0. The monoisotopic (exact) mass is 535 g/mol. The van der Waals surface area contributed by atoms with Crippen molar-refractivity contribution in [3.05, 3.63) is 0 Å². The summed E-state index contributed by atoms with van der Waals surface area (Å²) >= 11 is 0. The van der Waals surface area contributed by atoms with Crippen LogP contribution in [0, 0.1) is 58.7 Å². The molecule has 9 nitrogen and oxygen atoms in total. The van der Waals surface area contributed by atoms with Gasteiger partial charge in [-0.25, -0.2) is 0 Å². The number of hydrogen-bond acceptors (Lipinski definition) is 5. The van der Waals surface area contributed by atoms with E-state index in [2.05, 4.69) is 16.6 Å². The molecule has 3 N–H and O–H groups in total. The SMILES string of the molecule is C#CC(C)(C)C(NC(=O)C(F)(F)F)C(=O)N1CC2C3CCC(C3)C2C1C(=O)NC(C#N)CC1CCNC1=O. The van der Waals surface area contributed by atoms with E-state index in [1.165, 1.54) is 18.7 Å². The summed E-state index contributed by atoms with van der Waals surface area (Å²) in [6, 6.07) is -1.70. The number of terminal acetylenes is 1. The van der Waals surface area contributed by atoms with Crippen molar-refractivity contribution < 1.29 is 32.3 Å². The Labute approximate surface area is 219 Å². The highest BCUT2D eigenvalue weighted by Crippen LogP contribution is 2.57. The van der Waals surface area contributed by atoms with Gasteiger partial charge in [-0.3, -0.25) is 19.2 Å². The molecule has 0 aromatic rings. The van der Waals surface area contributed by atoms with Crippen molar-refractivity contribution in [3.63, 3.8) is 0 Å². The average Bonchev–Trinajstić information content (AvgIpc) is 3.63. The minimum absolute atomic E-state index is 0.0116. The van der Waals surface area contributed by atoms with Gasteiger partial charge in [0.05, 0.1) is 11.5 Å². The summed E-state index contributed by atoms with van der Waals surface area (Å²) < 4.78 is 39.3. The number of nitriles is 1. The molecule has 206 valence electrons. The maximum atomic E-state index is 13.8. The zero-order valence-electron chi connectivity index (χ0n) is 21.3. The summed E-state index contributed by atoms with van der Waals surface area (Å²) in [6.07, 6.45) is 3.71. The lowest BCUT2D eigenvalue weighted by atomic mass is 9.78. The molecular formula is C26H32F3N5O4. The second kappa shape index (κ2) is 10.1. The lowest BCUT2D eigenvalue weighted by Crippen LogP contribution is -2.61. The van der Waals surface area contributed by atoms with E-state index < -0.39 is 53.4 Å². The Morgan fingerprint density at radius 2 is 1.87 bits per heavy atom. The number of fused-ring (bicyclic) bond motifs is 5. The molecular weight excluding hydrogens is 503 g/mol. The van der Waals surface area contributed by atoms with E-state index in [-0.39, 0.29) is 42.5 Å². The zero-order valence-corrected chi connectivity index (χ0v) is 21.3. The first-order chi connectivity index (χ1) is 17.8. The molecule has 12 heteroatoms. The Morgan fingerprint density at radius 3 is 2.45 bits per heavy atom. The molecule has 38 heavy (non-hydrogen) atoms. The van der Waals surface area contributed by atoms with Gasteiger partial charge in [0, 0.05) is 19.0 Å². The van der Waals surface area contributed by atoms with Gasteiger partial charge in [-0.05, 0) is 69.6 Å². The van der Waals surface area contributed by atoms with E-state index in [0.29, 0.717) is 13.0 Å². The maximum absolute atomic E-state index is 13.8. The Bertz CT molecular complexity index is 1090. The molecule has 0 aromatic heterocycles. The zero-order chi connectivity index (χ0) is 28.0. The lowest BCUT2D eigenvalue weighted by molar-refractivity contribution is -0.176. The summed E-state index contributed by atoms with van der Waals surface area (Å²) in [5.74, 6) is -1.80. The van der Waals surface area contributed by atoms with Crippen LogP contribution in [0.3, 0.4) is 0 Å². The molecule has 2 heterocycles. The van der Waals surface area contributed by atoms with Gasteiger partial charge >= 0.3 is 12.1 Å². The summed E-state index contributed by atoms with van der Waals surface area (Å²) in [5.41, 5.74) is -1.49. The maximum Gasteiger partial charge on any atom is 0.471 e. The van der Waals surface area contributed by atoms with E-state index in [1.54, 1.807) is 5.32 Å². The van der Waals surface area contributed by atoms with Crippen LogP contribution in [0.25, 0.3) is 0 Å². The van der Waals surface area contributed by atoms with Gasteiger partial charge in [0.15, 0.2) is 0 Å². The Morgan fingerprint density at radius 1 is 1.18 bits per heavy atom. The van der Waals surface area contributed by atoms with Crippen LogP contribution in [-0.2, 0) is 19.2 Å². The molecule has 2 bridgehead atoms. The first-order valence-electron chi connectivity index (χ1n) is 12.9. The Kier molecular flexibility index (Phi) is 7.39. The van der Waals surface area contributed by atoms with Gasteiger partial charge in [-0.1, -0.05) is 5.92 Å². The van der Waals surface area contributed by atoms with Gasteiger partial charge in [0.1, 0.15) is 18.1 Å². The van der Waals surface area contributed by atoms with E-state index >= 15 is 0 Å². The van der Waals surface area contributed by atoms with Crippen LogP contribution in [0.1, 0.15) is 46.0 Å². The molecule has 4 fully saturated rings. The fourth-order valence-corrected chi connectivity index (χ4v) is 6.88. The number of carbonyl (C=O) groups is 4. The fourth-order valence-electron chi connectivity index (χ4n) is 6.88. The first-order valence-corrected chi connectivity index (χ1v) is 12.9. The van der Waals surface area contributed by atoms with Crippen LogP contribution >= 0.6 is 0 Å². The summed E-state index contributed by atoms with van der Waals surface area (Å²) in [5, 5.41) is 16.8. The van der Waals surface area contributed by atoms with Crippen LogP contribution in [0.4, 0.5) is 13.2 Å². The number of likely N-dealkylation sites (tertiary alicyclic amines) is 1. The van der Waals surface area contributed by atoms with Crippen molar-refractivity contribution in [2.45, 2.75) is 70.3 Å². The van der Waals surface area contributed by atoms with Gasteiger partial charge < -0.3 is 20.9 Å². The molecule has 0 aromatic carbocycles. The molecule has 2 aliphatic carbocycles. The second-order valence-electron chi connectivity index (χ2n) is 11.5. The number of rotatable bonds is 7. The molecule has 2 aliphatic heterocycles. The average molecular weight is 536 g/mol. The predicted molar refractivity (Wildman–Crippen MR) is 127 cm³/mol. The van der Waals surface area contributed by atoms with Gasteiger partial charge in [0.25, 0.3) is 0 Å². The predicted octanol–water partition coefficient (Wildman–Crippen LogP) is 1.10. The highest BCUT2D eigenvalue weighted by atomic mass is 19.4. The standard InChI is InChI=1S/C26H32F3N5O4/c1-4-25(2,3)20(33-24(38)26(27,28)29)23(37)34-12-17-13-5-6-14(9-13)18(17)19(34)22(36)32-16(11-30)10-15-7-8-31-21(15)35/h1,13-20H,5-10,12H2,2-3H3,(H,31,35)(H,32,36)(H,33,38). The first kappa shape index (κ1) is 27.7. The van der Waals surface area contributed by atoms with Gasteiger partial charge in [0.2, 0.25) is 17.7 Å².